The molecule has 1 fully saturated rings. The van der Waals surface area contributed by atoms with Gasteiger partial charge in [-0.25, -0.2) is 0 Å². The summed E-state index contributed by atoms with van der Waals surface area (Å²) in [5.41, 5.74) is 1.29. The SMILES string of the molecule is CCCC[C@]1(C)C(=O)CC[C@H]1[C@H](C)c1ccccc1. The fourth-order valence-corrected chi connectivity index (χ4v) is 3.76. The molecule has 0 saturated heterocycles. The third-order valence-electron chi connectivity index (χ3n) is 5.12. The summed E-state index contributed by atoms with van der Waals surface area (Å²) in [5, 5.41) is 0. The van der Waals surface area contributed by atoms with E-state index in [2.05, 4.69) is 51.1 Å². The summed E-state index contributed by atoms with van der Waals surface area (Å²) in [6, 6.07) is 10.7. The molecule has 1 saturated carbocycles. The summed E-state index contributed by atoms with van der Waals surface area (Å²) in [7, 11) is 0. The maximum absolute atomic E-state index is 12.3. The molecule has 0 unspecified atom stereocenters. The molecule has 1 aliphatic rings. The van der Waals surface area contributed by atoms with Crippen LogP contribution in [-0.4, -0.2) is 5.78 Å². The van der Waals surface area contributed by atoms with E-state index in [0.29, 0.717) is 17.6 Å². The Balaban J connectivity index is 2.20. The van der Waals surface area contributed by atoms with Crippen LogP contribution in [0, 0.1) is 11.3 Å². The molecule has 0 radical (unpaired) electrons. The predicted molar refractivity (Wildman–Crippen MR) is 80.2 cm³/mol. The zero-order valence-corrected chi connectivity index (χ0v) is 12.5. The molecule has 2 rings (SSSR count). The van der Waals surface area contributed by atoms with E-state index in [1.54, 1.807) is 0 Å². The van der Waals surface area contributed by atoms with Gasteiger partial charge < -0.3 is 0 Å². The number of unbranched alkanes of at least 4 members (excludes halogenated alkanes) is 1. The first kappa shape index (κ1) is 14.3. The third-order valence-corrected chi connectivity index (χ3v) is 5.12. The van der Waals surface area contributed by atoms with Gasteiger partial charge in [0.25, 0.3) is 0 Å². The van der Waals surface area contributed by atoms with Gasteiger partial charge in [-0.05, 0) is 30.2 Å². The van der Waals surface area contributed by atoms with Crippen molar-refractivity contribution in [2.75, 3.05) is 0 Å². The van der Waals surface area contributed by atoms with Crippen molar-refractivity contribution in [2.45, 2.75) is 58.8 Å². The number of carbonyl (C=O) groups excluding carboxylic acids is 1. The summed E-state index contributed by atoms with van der Waals surface area (Å²) in [6.45, 7) is 6.71. The second-order valence-electron chi connectivity index (χ2n) is 6.29. The molecule has 0 spiro atoms. The van der Waals surface area contributed by atoms with Gasteiger partial charge in [0.2, 0.25) is 0 Å². The van der Waals surface area contributed by atoms with E-state index in [0.717, 1.165) is 19.3 Å². The summed E-state index contributed by atoms with van der Waals surface area (Å²) in [6.07, 6.45) is 5.25. The molecule has 0 N–H and O–H groups in total. The van der Waals surface area contributed by atoms with Crippen LogP contribution in [0.1, 0.15) is 64.4 Å². The monoisotopic (exact) mass is 258 g/mol. The van der Waals surface area contributed by atoms with E-state index >= 15 is 0 Å². The maximum atomic E-state index is 12.3. The average Bonchev–Trinajstić information content (AvgIpc) is 2.73. The molecule has 1 nitrogen and oxygen atoms in total. The van der Waals surface area contributed by atoms with E-state index in [-0.39, 0.29) is 5.41 Å². The number of hydrogen-bond donors (Lipinski definition) is 0. The topological polar surface area (TPSA) is 17.1 Å². The van der Waals surface area contributed by atoms with Crippen molar-refractivity contribution in [3.8, 4) is 0 Å². The van der Waals surface area contributed by atoms with E-state index in [9.17, 15) is 4.79 Å². The van der Waals surface area contributed by atoms with Gasteiger partial charge in [0.15, 0.2) is 0 Å². The number of rotatable bonds is 5. The Morgan fingerprint density at radius 2 is 2.00 bits per heavy atom. The molecular formula is C18H26O. The lowest BCUT2D eigenvalue weighted by Gasteiger charge is -2.34. The Morgan fingerprint density at radius 3 is 2.63 bits per heavy atom. The van der Waals surface area contributed by atoms with Crippen LogP contribution in [0.25, 0.3) is 0 Å². The molecule has 104 valence electrons. The van der Waals surface area contributed by atoms with Crippen LogP contribution >= 0.6 is 0 Å². The van der Waals surface area contributed by atoms with Crippen LogP contribution in [0.5, 0.6) is 0 Å². The van der Waals surface area contributed by atoms with Crippen molar-refractivity contribution in [1.29, 1.82) is 0 Å². The number of ketones is 1. The molecule has 1 aliphatic carbocycles. The first-order valence-corrected chi connectivity index (χ1v) is 7.68. The fraction of sp³-hybridized carbons (Fsp3) is 0.611. The molecule has 1 aromatic carbocycles. The Hall–Kier alpha value is -1.11. The zero-order valence-electron chi connectivity index (χ0n) is 12.5. The standard InChI is InChI=1S/C18H26O/c1-4-5-13-18(3)16(11-12-17(18)19)14(2)15-9-7-6-8-10-15/h6-10,14,16H,4-5,11-13H2,1-3H3/t14-,16+,18+/m1/s1. The first-order chi connectivity index (χ1) is 9.09. The Labute approximate surface area is 117 Å². The first-order valence-electron chi connectivity index (χ1n) is 7.68. The molecule has 1 aromatic rings. The van der Waals surface area contributed by atoms with Crippen LogP contribution in [0.15, 0.2) is 30.3 Å². The van der Waals surface area contributed by atoms with Gasteiger partial charge in [-0.15, -0.1) is 0 Å². The molecule has 0 aliphatic heterocycles. The molecule has 0 aromatic heterocycles. The highest BCUT2D eigenvalue weighted by molar-refractivity contribution is 5.87. The summed E-state index contributed by atoms with van der Waals surface area (Å²) >= 11 is 0. The Kier molecular flexibility index (Phi) is 4.44. The number of hydrogen-bond acceptors (Lipinski definition) is 1. The van der Waals surface area contributed by atoms with Gasteiger partial charge in [0.05, 0.1) is 0 Å². The van der Waals surface area contributed by atoms with Crippen LogP contribution in [0.3, 0.4) is 0 Å². The number of benzene rings is 1. The lowest BCUT2D eigenvalue weighted by atomic mass is 9.68. The zero-order chi connectivity index (χ0) is 13.9. The Morgan fingerprint density at radius 1 is 1.32 bits per heavy atom. The average molecular weight is 258 g/mol. The van der Waals surface area contributed by atoms with Crippen molar-refractivity contribution in [3.05, 3.63) is 35.9 Å². The second-order valence-corrected chi connectivity index (χ2v) is 6.29. The molecular weight excluding hydrogens is 232 g/mol. The van der Waals surface area contributed by atoms with E-state index in [4.69, 9.17) is 0 Å². The second kappa shape index (κ2) is 5.90. The van der Waals surface area contributed by atoms with Gasteiger partial charge in [-0.1, -0.05) is 63.9 Å². The van der Waals surface area contributed by atoms with Crippen molar-refractivity contribution < 1.29 is 4.79 Å². The van der Waals surface area contributed by atoms with Gasteiger partial charge in [-0.2, -0.15) is 0 Å². The van der Waals surface area contributed by atoms with E-state index < -0.39 is 0 Å². The third kappa shape index (κ3) is 2.75. The molecule has 1 heteroatoms. The van der Waals surface area contributed by atoms with Crippen molar-refractivity contribution in [1.82, 2.24) is 0 Å². The molecule has 0 bridgehead atoms. The van der Waals surface area contributed by atoms with Crippen LogP contribution in [0.4, 0.5) is 0 Å². The normalized spacial score (nSPS) is 28.6. The van der Waals surface area contributed by atoms with E-state index in [1.807, 2.05) is 0 Å². The molecule has 19 heavy (non-hydrogen) atoms. The van der Waals surface area contributed by atoms with Gasteiger partial charge in [0, 0.05) is 11.8 Å². The summed E-state index contributed by atoms with van der Waals surface area (Å²) < 4.78 is 0. The highest BCUT2D eigenvalue weighted by Crippen LogP contribution is 2.50. The summed E-state index contributed by atoms with van der Waals surface area (Å²) in [5.74, 6) is 1.48. The lowest BCUT2D eigenvalue weighted by molar-refractivity contribution is -0.127. The minimum absolute atomic E-state index is 0.0920. The van der Waals surface area contributed by atoms with Crippen molar-refractivity contribution in [3.63, 3.8) is 0 Å². The van der Waals surface area contributed by atoms with Gasteiger partial charge >= 0.3 is 0 Å². The minimum atomic E-state index is -0.0920. The maximum Gasteiger partial charge on any atom is 0.139 e. The van der Waals surface area contributed by atoms with Crippen LogP contribution in [0.2, 0.25) is 0 Å². The highest BCUT2D eigenvalue weighted by Gasteiger charge is 2.47. The molecule has 0 heterocycles. The largest absolute Gasteiger partial charge is 0.299 e. The lowest BCUT2D eigenvalue weighted by Crippen LogP contribution is -2.32. The summed E-state index contributed by atoms with van der Waals surface area (Å²) in [4.78, 5) is 12.3. The van der Waals surface area contributed by atoms with E-state index in [1.165, 1.54) is 18.4 Å². The van der Waals surface area contributed by atoms with Crippen molar-refractivity contribution in [2.24, 2.45) is 11.3 Å². The van der Waals surface area contributed by atoms with Crippen molar-refractivity contribution >= 4 is 5.78 Å². The predicted octanol–water partition coefficient (Wildman–Crippen LogP) is 4.97. The number of Topliss-reactive ketones (excluding diaryl/α,β-unsaturated/α-hetero) is 1. The Bertz CT molecular complexity index is 423. The highest BCUT2D eigenvalue weighted by atomic mass is 16.1. The van der Waals surface area contributed by atoms with Crippen LogP contribution < -0.4 is 0 Å². The van der Waals surface area contributed by atoms with Gasteiger partial charge in [0.1, 0.15) is 5.78 Å². The number of carbonyl (C=O) groups is 1. The molecule has 0 amide bonds. The van der Waals surface area contributed by atoms with Gasteiger partial charge in [-0.3, -0.25) is 4.79 Å². The fourth-order valence-electron chi connectivity index (χ4n) is 3.76. The quantitative estimate of drug-likeness (QED) is 0.729. The van der Waals surface area contributed by atoms with Crippen LogP contribution in [-0.2, 0) is 4.79 Å². The minimum Gasteiger partial charge on any atom is -0.299 e. The smallest absolute Gasteiger partial charge is 0.139 e. The molecule has 3 atom stereocenters.